The van der Waals surface area contributed by atoms with E-state index < -0.39 is 11.0 Å². The van der Waals surface area contributed by atoms with E-state index in [-0.39, 0.29) is 0 Å². The van der Waals surface area contributed by atoms with Gasteiger partial charge in [0.1, 0.15) is 0 Å². The van der Waals surface area contributed by atoms with Crippen molar-refractivity contribution in [3.8, 4) is 0 Å². The van der Waals surface area contributed by atoms with Gasteiger partial charge in [0.15, 0.2) is 11.0 Å². The van der Waals surface area contributed by atoms with Crippen molar-refractivity contribution in [3.63, 3.8) is 0 Å². The first-order valence-corrected chi connectivity index (χ1v) is 6.03. The van der Waals surface area contributed by atoms with Crippen LogP contribution < -0.4 is 0 Å². The summed E-state index contributed by atoms with van der Waals surface area (Å²) in [6, 6.07) is 18.8. The van der Waals surface area contributed by atoms with Crippen molar-refractivity contribution >= 4 is 17.2 Å². The molecule has 80 valence electrons. The third-order valence-corrected chi connectivity index (χ3v) is 3.01. The minimum atomic E-state index is -1.31. The standard InChI is InChI=1S/C13H11NOS/c15-16(13-9-5-2-6-10-13)14-11-12-7-3-1-4-8-12/h1-11H/b14-11+. The van der Waals surface area contributed by atoms with E-state index in [9.17, 15) is 4.21 Å². The van der Waals surface area contributed by atoms with E-state index in [1.54, 1.807) is 18.3 Å². The van der Waals surface area contributed by atoms with E-state index in [0.29, 0.717) is 0 Å². The molecule has 1 atom stereocenters. The van der Waals surface area contributed by atoms with Gasteiger partial charge in [-0.2, -0.15) is 4.40 Å². The zero-order chi connectivity index (χ0) is 11.2. The lowest BCUT2D eigenvalue weighted by Crippen LogP contribution is -1.88. The molecule has 2 aromatic rings. The van der Waals surface area contributed by atoms with Gasteiger partial charge in [0.2, 0.25) is 0 Å². The van der Waals surface area contributed by atoms with Crippen LogP contribution in [0, 0.1) is 0 Å². The maximum Gasteiger partial charge on any atom is 0.172 e. The Hall–Kier alpha value is -1.74. The molecule has 0 fully saturated rings. The minimum absolute atomic E-state index is 0.717. The average Bonchev–Trinajstić information content (AvgIpc) is 2.38. The summed E-state index contributed by atoms with van der Waals surface area (Å²) in [7, 11) is -1.31. The Labute approximate surface area is 97.3 Å². The molecule has 0 bridgehead atoms. The molecule has 0 aromatic heterocycles. The topological polar surface area (TPSA) is 29.4 Å². The summed E-state index contributed by atoms with van der Waals surface area (Å²) >= 11 is 0. The number of rotatable bonds is 3. The lowest BCUT2D eigenvalue weighted by atomic mass is 10.2. The molecule has 0 aliphatic rings. The van der Waals surface area contributed by atoms with Crippen LogP contribution in [-0.2, 0) is 11.0 Å². The van der Waals surface area contributed by atoms with Crippen LogP contribution in [0.3, 0.4) is 0 Å². The van der Waals surface area contributed by atoms with Gasteiger partial charge < -0.3 is 0 Å². The highest BCUT2D eigenvalue weighted by Crippen LogP contribution is 2.06. The van der Waals surface area contributed by atoms with E-state index >= 15 is 0 Å². The first kappa shape index (κ1) is 10.8. The molecule has 0 aliphatic carbocycles. The van der Waals surface area contributed by atoms with Gasteiger partial charge in [-0.05, 0) is 17.7 Å². The Morgan fingerprint density at radius 1 is 0.875 bits per heavy atom. The highest BCUT2D eigenvalue weighted by molar-refractivity contribution is 7.83. The lowest BCUT2D eigenvalue weighted by molar-refractivity contribution is 0.684. The number of benzene rings is 2. The highest BCUT2D eigenvalue weighted by atomic mass is 32.2. The summed E-state index contributed by atoms with van der Waals surface area (Å²) in [4.78, 5) is 0.717. The third kappa shape index (κ3) is 2.87. The Morgan fingerprint density at radius 3 is 2.06 bits per heavy atom. The first-order valence-electron chi connectivity index (χ1n) is 4.92. The SMILES string of the molecule is O=S(/N=C/c1ccccc1)c1ccccc1. The van der Waals surface area contributed by atoms with Crippen LogP contribution >= 0.6 is 0 Å². The van der Waals surface area contributed by atoms with E-state index in [2.05, 4.69) is 4.40 Å². The fraction of sp³-hybridized carbons (Fsp3) is 0. The maximum absolute atomic E-state index is 11.7. The van der Waals surface area contributed by atoms with Crippen LogP contribution in [0.25, 0.3) is 0 Å². The Kier molecular flexibility index (Phi) is 3.62. The molecule has 0 radical (unpaired) electrons. The van der Waals surface area contributed by atoms with Crippen LogP contribution in [0.4, 0.5) is 0 Å². The van der Waals surface area contributed by atoms with Crippen LogP contribution in [0.2, 0.25) is 0 Å². The maximum atomic E-state index is 11.7. The van der Waals surface area contributed by atoms with Crippen LogP contribution in [0.1, 0.15) is 5.56 Å². The van der Waals surface area contributed by atoms with Crippen molar-refractivity contribution in [2.75, 3.05) is 0 Å². The second kappa shape index (κ2) is 5.37. The molecule has 0 aliphatic heterocycles. The molecular formula is C13H11NOS. The van der Waals surface area contributed by atoms with Crippen molar-refractivity contribution in [2.45, 2.75) is 4.90 Å². The fourth-order valence-electron chi connectivity index (χ4n) is 1.25. The normalized spacial score (nSPS) is 12.8. The Morgan fingerprint density at radius 2 is 1.44 bits per heavy atom. The molecule has 0 N–H and O–H groups in total. The molecule has 0 saturated heterocycles. The van der Waals surface area contributed by atoms with Crippen LogP contribution in [0.15, 0.2) is 70.0 Å². The van der Waals surface area contributed by atoms with Crippen molar-refractivity contribution in [1.29, 1.82) is 0 Å². The third-order valence-electron chi connectivity index (χ3n) is 2.04. The number of hydrogen-bond donors (Lipinski definition) is 0. The molecule has 0 amide bonds. The molecule has 1 unspecified atom stereocenters. The predicted molar refractivity (Wildman–Crippen MR) is 66.9 cm³/mol. The monoisotopic (exact) mass is 229 g/mol. The average molecular weight is 229 g/mol. The number of nitrogens with zero attached hydrogens (tertiary/aromatic N) is 1. The molecule has 0 heterocycles. The summed E-state index contributed by atoms with van der Waals surface area (Å²) in [5.74, 6) is 0. The molecular weight excluding hydrogens is 218 g/mol. The van der Waals surface area contributed by atoms with E-state index in [0.717, 1.165) is 10.5 Å². The van der Waals surface area contributed by atoms with Crippen molar-refractivity contribution in [2.24, 2.45) is 4.40 Å². The lowest BCUT2D eigenvalue weighted by Gasteiger charge is -1.94. The molecule has 2 aromatic carbocycles. The van der Waals surface area contributed by atoms with Gasteiger partial charge in [0.05, 0.1) is 4.90 Å². The molecule has 2 rings (SSSR count). The minimum Gasteiger partial charge on any atom is -0.229 e. The van der Waals surface area contributed by atoms with Crippen LogP contribution in [0.5, 0.6) is 0 Å². The van der Waals surface area contributed by atoms with Gasteiger partial charge in [-0.25, -0.2) is 4.21 Å². The molecule has 0 spiro atoms. The quantitative estimate of drug-likeness (QED) is 0.744. The van der Waals surface area contributed by atoms with Crippen molar-refractivity contribution in [3.05, 3.63) is 66.2 Å². The summed E-state index contributed by atoms with van der Waals surface area (Å²) in [5, 5.41) is 0. The van der Waals surface area contributed by atoms with Gasteiger partial charge in [-0.3, -0.25) is 0 Å². The van der Waals surface area contributed by atoms with E-state index in [4.69, 9.17) is 0 Å². The molecule has 16 heavy (non-hydrogen) atoms. The van der Waals surface area contributed by atoms with Crippen molar-refractivity contribution in [1.82, 2.24) is 0 Å². The number of hydrogen-bond acceptors (Lipinski definition) is 1. The van der Waals surface area contributed by atoms with Gasteiger partial charge in [0, 0.05) is 6.21 Å². The highest BCUT2D eigenvalue weighted by Gasteiger charge is 1.98. The summed E-state index contributed by atoms with van der Waals surface area (Å²) in [6.45, 7) is 0. The van der Waals surface area contributed by atoms with Gasteiger partial charge in [-0.1, -0.05) is 48.5 Å². The first-order chi connectivity index (χ1) is 7.86. The van der Waals surface area contributed by atoms with E-state index in [1.807, 2.05) is 48.5 Å². The molecule has 3 heteroatoms. The van der Waals surface area contributed by atoms with Gasteiger partial charge in [-0.15, -0.1) is 0 Å². The van der Waals surface area contributed by atoms with Gasteiger partial charge >= 0.3 is 0 Å². The second-order valence-electron chi connectivity index (χ2n) is 3.21. The molecule has 0 saturated carbocycles. The Balaban J connectivity index is 2.12. The zero-order valence-electron chi connectivity index (χ0n) is 8.61. The summed E-state index contributed by atoms with van der Waals surface area (Å²) in [5.41, 5.74) is 0.951. The zero-order valence-corrected chi connectivity index (χ0v) is 9.43. The summed E-state index contributed by atoms with van der Waals surface area (Å²) < 4.78 is 15.7. The summed E-state index contributed by atoms with van der Waals surface area (Å²) in [6.07, 6.45) is 1.63. The smallest absolute Gasteiger partial charge is 0.172 e. The van der Waals surface area contributed by atoms with Crippen LogP contribution in [-0.4, -0.2) is 10.4 Å². The molecule has 2 nitrogen and oxygen atoms in total. The van der Waals surface area contributed by atoms with E-state index in [1.165, 1.54) is 0 Å². The second-order valence-corrected chi connectivity index (χ2v) is 4.39. The van der Waals surface area contributed by atoms with Gasteiger partial charge in [0.25, 0.3) is 0 Å². The largest absolute Gasteiger partial charge is 0.229 e. The Bertz CT molecular complexity index is 494. The fourth-order valence-corrected chi connectivity index (χ4v) is 1.97. The predicted octanol–water partition coefficient (Wildman–Crippen LogP) is 2.83. The van der Waals surface area contributed by atoms with Crippen molar-refractivity contribution < 1.29 is 4.21 Å².